The van der Waals surface area contributed by atoms with Crippen molar-refractivity contribution in [2.45, 2.75) is 6.04 Å². The number of amides is 1. The lowest BCUT2D eigenvalue weighted by molar-refractivity contribution is -0.140. The van der Waals surface area contributed by atoms with Gasteiger partial charge < -0.3 is 19.8 Å². The van der Waals surface area contributed by atoms with Gasteiger partial charge in [0.25, 0.3) is 11.7 Å². The molecule has 1 aromatic carbocycles. The monoisotopic (exact) mass is 354 g/mol. The highest BCUT2D eigenvalue weighted by Gasteiger charge is 2.45. The predicted molar refractivity (Wildman–Crippen MR) is 93.3 cm³/mol. The van der Waals surface area contributed by atoms with E-state index in [0.29, 0.717) is 16.9 Å². The van der Waals surface area contributed by atoms with Crippen LogP contribution in [0.2, 0.25) is 0 Å². The first-order valence-electron chi connectivity index (χ1n) is 8.02. The molecule has 0 aliphatic carbocycles. The van der Waals surface area contributed by atoms with Crippen molar-refractivity contribution in [3.8, 4) is 5.75 Å². The summed E-state index contributed by atoms with van der Waals surface area (Å²) >= 11 is 0. The average Bonchev–Trinajstić information content (AvgIpc) is 2.93. The minimum absolute atomic E-state index is 0.0141. The van der Waals surface area contributed by atoms with Crippen molar-refractivity contribution in [3.63, 3.8) is 0 Å². The number of pyridine rings is 1. The molecule has 1 fully saturated rings. The number of ketones is 1. The van der Waals surface area contributed by atoms with Gasteiger partial charge in [0.2, 0.25) is 0 Å². The number of rotatable bonds is 5. The second-order valence-corrected chi connectivity index (χ2v) is 5.73. The molecule has 1 saturated heterocycles. The summed E-state index contributed by atoms with van der Waals surface area (Å²) in [5, 5.41) is 20.0. The number of carbonyl (C=O) groups excluding carboxylic acids is 2. The normalized spacial score (nSPS) is 19.0. The van der Waals surface area contributed by atoms with Crippen LogP contribution < -0.4 is 4.74 Å². The Morgan fingerprint density at radius 2 is 1.81 bits per heavy atom. The number of Topliss-reactive ketones (excluding diaryl/α,β-unsaturated/α-hetero) is 1. The van der Waals surface area contributed by atoms with Gasteiger partial charge in [-0.2, -0.15) is 0 Å². The second-order valence-electron chi connectivity index (χ2n) is 5.73. The van der Waals surface area contributed by atoms with Gasteiger partial charge in [0.15, 0.2) is 0 Å². The zero-order chi connectivity index (χ0) is 18.7. The number of methoxy groups -OCH3 is 1. The van der Waals surface area contributed by atoms with Gasteiger partial charge in [0.1, 0.15) is 11.5 Å². The molecule has 2 heterocycles. The summed E-state index contributed by atoms with van der Waals surface area (Å²) in [4.78, 5) is 30.2. The van der Waals surface area contributed by atoms with E-state index in [2.05, 4.69) is 4.98 Å². The van der Waals surface area contributed by atoms with Crippen molar-refractivity contribution in [3.05, 3.63) is 65.5 Å². The summed E-state index contributed by atoms with van der Waals surface area (Å²) in [5.74, 6) is -1.20. The first-order valence-corrected chi connectivity index (χ1v) is 8.02. The Morgan fingerprint density at radius 3 is 2.38 bits per heavy atom. The van der Waals surface area contributed by atoms with Gasteiger partial charge >= 0.3 is 0 Å². The van der Waals surface area contributed by atoms with E-state index in [1.165, 1.54) is 12.0 Å². The molecule has 0 saturated carbocycles. The van der Waals surface area contributed by atoms with E-state index in [0.717, 1.165) is 0 Å². The largest absolute Gasteiger partial charge is 0.507 e. The van der Waals surface area contributed by atoms with Gasteiger partial charge in [0.05, 0.1) is 25.3 Å². The summed E-state index contributed by atoms with van der Waals surface area (Å²) in [6.45, 7) is -0.311. The smallest absolute Gasteiger partial charge is 0.295 e. The van der Waals surface area contributed by atoms with Crippen LogP contribution in [0.15, 0.2) is 54.4 Å². The average molecular weight is 354 g/mol. The van der Waals surface area contributed by atoms with Gasteiger partial charge in [0, 0.05) is 24.5 Å². The van der Waals surface area contributed by atoms with Gasteiger partial charge in [-0.15, -0.1) is 0 Å². The number of carbonyl (C=O) groups is 2. The van der Waals surface area contributed by atoms with Gasteiger partial charge in [-0.1, -0.05) is 0 Å². The number of ether oxygens (including phenoxy) is 1. The van der Waals surface area contributed by atoms with Crippen molar-refractivity contribution in [1.82, 2.24) is 9.88 Å². The minimum Gasteiger partial charge on any atom is -0.507 e. The lowest BCUT2D eigenvalue weighted by Crippen LogP contribution is -2.32. The maximum absolute atomic E-state index is 12.6. The number of hydrogen-bond acceptors (Lipinski definition) is 6. The third-order valence-electron chi connectivity index (χ3n) is 4.27. The number of nitrogens with zero attached hydrogens (tertiary/aromatic N) is 2. The molecule has 2 N–H and O–H groups in total. The quantitative estimate of drug-likeness (QED) is 0.480. The molecule has 1 aromatic heterocycles. The maximum Gasteiger partial charge on any atom is 0.295 e. The summed E-state index contributed by atoms with van der Waals surface area (Å²) in [5.41, 5.74) is 1.01. The SMILES string of the molecule is COc1ccc(C(O)=C2C(=O)C(=O)N(CCO)[C@@H]2c2ccncc2)cc1. The fourth-order valence-electron chi connectivity index (χ4n) is 3.02. The molecule has 0 unspecified atom stereocenters. The molecular weight excluding hydrogens is 336 g/mol. The van der Waals surface area contributed by atoms with Crippen LogP contribution in [0.3, 0.4) is 0 Å². The molecule has 1 amide bonds. The molecule has 1 aliphatic heterocycles. The molecule has 0 bridgehead atoms. The molecule has 0 radical (unpaired) electrons. The predicted octanol–water partition coefficient (Wildman–Crippen LogP) is 1.50. The molecule has 0 spiro atoms. The fourth-order valence-corrected chi connectivity index (χ4v) is 3.02. The molecule has 3 rings (SSSR count). The van der Waals surface area contributed by atoms with Crippen LogP contribution >= 0.6 is 0 Å². The zero-order valence-corrected chi connectivity index (χ0v) is 14.1. The van der Waals surface area contributed by atoms with Crippen LogP contribution in [0.25, 0.3) is 5.76 Å². The highest BCUT2D eigenvalue weighted by atomic mass is 16.5. The Morgan fingerprint density at radius 1 is 1.15 bits per heavy atom. The molecule has 1 aliphatic rings. The van der Waals surface area contributed by atoms with Crippen LogP contribution in [0, 0.1) is 0 Å². The number of aliphatic hydroxyl groups is 2. The highest BCUT2D eigenvalue weighted by molar-refractivity contribution is 6.46. The van der Waals surface area contributed by atoms with Crippen molar-refractivity contribution in [1.29, 1.82) is 0 Å². The van der Waals surface area contributed by atoms with Crippen LogP contribution in [0.4, 0.5) is 0 Å². The number of hydrogen-bond donors (Lipinski definition) is 2. The van der Waals surface area contributed by atoms with Crippen LogP contribution in [-0.4, -0.2) is 52.0 Å². The topological polar surface area (TPSA) is 100.0 Å². The number of aliphatic hydroxyl groups excluding tert-OH is 2. The Hall–Kier alpha value is -3.19. The molecule has 1 atom stereocenters. The molecular formula is C19H18N2O5. The molecule has 7 heteroatoms. The number of likely N-dealkylation sites (tertiary alicyclic amines) is 1. The van der Waals surface area contributed by atoms with Crippen molar-refractivity contribution in [2.24, 2.45) is 0 Å². The van der Waals surface area contributed by atoms with E-state index in [9.17, 15) is 19.8 Å². The second kappa shape index (κ2) is 7.37. The fraction of sp³-hybridized carbons (Fsp3) is 0.211. The zero-order valence-electron chi connectivity index (χ0n) is 14.1. The summed E-state index contributed by atoms with van der Waals surface area (Å²) in [6, 6.07) is 9.08. The standard InChI is InChI=1S/C19H18N2O5/c1-26-14-4-2-13(3-5-14)17(23)15-16(12-6-8-20-9-7-12)21(10-11-22)19(25)18(15)24/h2-9,16,22-23H,10-11H2,1H3/t16-/m1/s1. The van der Waals surface area contributed by atoms with Crippen LogP contribution in [0.5, 0.6) is 5.75 Å². The van der Waals surface area contributed by atoms with Gasteiger partial charge in [-0.25, -0.2) is 0 Å². The van der Waals surface area contributed by atoms with E-state index in [4.69, 9.17) is 4.74 Å². The third kappa shape index (κ3) is 3.04. The van der Waals surface area contributed by atoms with E-state index in [1.807, 2.05) is 0 Å². The Bertz CT molecular complexity index is 846. The molecule has 7 nitrogen and oxygen atoms in total. The van der Waals surface area contributed by atoms with Crippen molar-refractivity contribution < 1.29 is 24.5 Å². The summed E-state index contributed by atoms with van der Waals surface area (Å²) in [6.07, 6.45) is 3.09. The van der Waals surface area contributed by atoms with Gasteiger partial charge in [-0.3, -0.25) is 14.6 Å². The van der Waals surface area contributed by atoms with Gasteiger partial charge in [-0.05, 0) is 42.0 Å². The Labute approximate surface area is 150 Å². The van der Waals surface area contributed by atoms with E-state index < -0.39 is 17.7 Å². The number of benzene rings is 1. The first kappa shape index (κ1) is 17.6. The maximum atomic E-state index is 12.6. The van der Waals surface area contributed by atoms with Crippen LogP contribution in [-0.2, 0) is 9.59 Å². The van der Waals surface area contributed by atoms with Crippen molar-refractivity contribution >= 4 is 17.4 Å². The Kier molecular flexibility index (Phi) is 4.99. The lowest BCUT2D eigenvalue weighted by atomic mass is 9.96. The molecule has 2 aromatic rings. The molecule has 26 heavy (non-hydrogen) atoms. The third-order valence-corrected chi connectivity index (χ3v) is 4.27. The number of aromatic nitrogens is 1. The van der Waals surface area contributed by atoms with Crippen LogP contribution in [0.1, 0.15) is 17.2 Å². The minimum atomic E-state index is -0.785. The number of β-amino-alcohol motifs (C(OH)–C–C–N with tert-alkyl or cyclic N) is 1. The van der Waals surface area contributed by atoms with E-state index >= 15 is 0 Å². The lowest BCUT2D eigenvalue weighted by Gasteiger charge is -2.24. The molecule has 134 valence electrons. The van der Waals surface area contributed by atoms with E-state index in [-0.39, 0.29) is 24.5 Å². The summed E-state index contributed by atoms with van der Waals surface area (Å²) < 4.78 is 5.09. The highest BCUT2D eigenvalue weighted by Crippen LogP contribution is 2.39. The van der Waals surface area contributed by atoms with E-state index in [1.54, 1.807) is 48.8 Å². The first-order chi connectivity index (χ1) is 12.6. The Balaban J connectivity index is 2.14. The summed E-state index contributed by atoms with van der Waals surface area (Å²) in [7, 11) is 1.53. The van der Waals surface area contributed by atoms with Crippen molar-refractivity contribution in [2.75, 3.05) is 20.3 Å².